The second-order valence-electron chi connectivity index (χ2n) is 7.93. The van der Waals surface area contributed by atoms with Gasteiger partial charge in [-0.3, -0.25) is 9.69 Å². The van der Waals surface area contributed by atoms with E-state index in [0.29, 0.717) is 19.2 Å². The summed E-state index contributed by atoms with van der Waals surface area (Å²) < 4.78 is 54.0. The van der Waals surface area contributed by atoms with Crippen LogP contribution in [0.15, 0.2) is 23.1 Å². The topological polar surface area (TPSA) is 60.9 Å². The molecule has 1 aliphatic heterocycles. The number of carbonyl (C=O) groups excluding carboxylic acids is 1. The van der Waals surface area contributed by atoms with Crippen molar-refractivity contribution >= 4 is 15.9 Å². The Kier molecular flexibility index (Phi) is 6.90. The van der Waals surface area contributed by atoms with Crippen LogP contribution in [0.5, 0.6) is 0 Å². The Bertz CT molecular complexity index is 835. The van der Waals surface area contributed by atoms with Crippen molar-refractivity contribution in [3.63, 3.8) is 0 Å². The van der Waals surface area contributed by atoms with Crippen LogP contribution < -0.4 is 0 Å². The molecule has 0 spiro atoms. The molecule has 1 saturated carbocycles. The number of benzene rings is 1. The number of nitrogens with zero attached hydrogens (tertiary/aromatic N) is 3. The normalized spacial score (nSPS) is 21.1. The molecule has 2 fully saturated rings. The van der Waals surface area contributed by atoms with E-state index in [-0.39, 0.29) is 31.1 Å². The number of amides is 1. The monoisotopic (exact) mass is 429 g/mol. The summed E-state index contributed by atoms with van der Waals surface area (Å²) in [5.74, 6) is -1.72. The van der Waals surface area contributed by atoms with E-state index in [1.54, 1.807) is 0 Å². The maximum atomic E-state index is 14.0. The van der Waals surface area contributed by atoms with Crippen LogP contribution in [0, 0.1) is 11.6 Å². The molecule has 29 heavy (non-hydrogen) atoms. The maximum Gasteiger partial charge on any atom is 0.246 e. The molecule has 0 aromatic heterocycles. The van der Waals surface area contributed by atoms with Gasteiger partial charge >= 0.3 is 0 Å². The molecule has 1 aromatic rings. The molecule has 0 unspecified atom stereocenters. The summed E-state index contributed by atoms with van der Waals surface area (Å²) in [7, 11) is -2.27. The van der Waals surface area contributed by atoms with Crippen molar-refractivity contribution in [3.05, 3.63) is 29.8 Å². The van der Waals surface area contributed by atoms with Crippen LogP contribution >= 0.6 is 0 Å². The molecule has 3 rings (SSSR count). The van der Waals surface area contributed by atoms with Gasteiger partial charge < -0.3 is 4.90 Å². The zero-order chi connectivity index (χ0) is 21.2. The van der Waals surface area contributed by atoms with E-state index < -0.39 is 26.6 Å². The summed E-state index contributed by atoms with van der Waals surface area (Å²) in [5.41, 5.74) is 0. The average Bonchev–Trinajstić information content (AvgIpc) is 2.74. The minimum absolute atomic E-state index is 0.0457. The molecule has 162 valence electrons. The van der Waals surface area contributed by atoms with Crippen LogP contribution in [0.3, 0.4) is 0 Å². The average molecular weight is 430 g/mol. The fraction of sp³-hybridized carbons (Fsp3) is 0.650. The molecule has 0 bridgehead atoms. The van der Waals surface area contributed by atoms with Gasteiger partial charge in [-0.2, -0.15) is 4.31 Å². The molecule has 1 aliphatic carbocycles. The van der Waals surface area contributed by atoms with Crippen molar-refractivity contribution in [1.82, 2.24) is 14.1 Å². The van der Waals surface area contributed by atoms with Gasteiger partial charge in [0.2, 0.25) is 15.9 Å². The number of sulfonamides is 1. The van der Waals surface area contributed by atoms with Gasteiger partial charge in [-0.1, -0.05) is 19.3 Å². The van der Waals surface area contributed by atoms with Gasteiger partial charge in [0.25, 0.3) is 0 Å². The summed E-state index contributed by atoms with van der Waals surface area (Å²) >= 11 is 0. The van der Waals surface area contributed by atoms with Crippen molar-refractivity contribution in [1.29, 1.82) is 0 Å². The number of rotatable bonds is 5. The van der Waals surface area contributed by atoms with Crippen LogP contribution in [-0.2, 0) is 14.8 Å². The van der Waals surface area contributed by atoms with E-state index in [1.165, 1.54) is 6.42 Å². The Hall–Kier alpha value is -1.58. The second kappa shape index (κ2) is 9.06. The van der Waals surface area contributed by atoms with Crippen LogP contribution in [0.4, 0.5) is 8.78 Å². The third-order valence-corrected chi connectivity index (χ3v) is 8.07. The molecule has 1 heterocycles. The minimum atomic E-state index is -4.12. The SMILES string of the molecule is C[C@@H](C(=O)N(C)C1CCCCC1)N1CCN(S(=O)(=O)c2cc(F)ccc2F)CC1. The molecule has 2 aliphatic rings. The Morgan fingerprint density at radius 1 is 1.10 bits per heavy atom. The number of hydrogen-bond acceptors (Lipinski definition) is 4. The molecule has 1 aromatic carbocycles. The lowest BCUT2D eigenvalue weighted by Crippen LogP contribution is -2.56. The molecule has 0 N–H and O–H groups in total. The van der Waals surface area contributed by atoms with Crippen LogP contribution in [0.25, 0.3) is 0 Å². The highest BCUT2D eigenvalue weighted by Gasteiger charge is 2.35. The molecule has 1 amide bonds. The molecule has 6 nitrogen and oxygen atoms in total. The van der Waals surface area contributed by atoms with Gasteiger partial charge in [-0.05, 0) is 38.0 Å². The summed E-state index contributed by atoms with van der Waals surface area (Å²) in [6, 6.07) is 2.35. The van der Waals surface area contributed by atoms with Crippen LogP contribution in [0.1, 0.15) is 39.0 Å². The van der Waals surface area contributed by atoms with Crippen molar-refractivity contribution < 1.29 is 22.0 Å². The third-order valence-electron chi connectivity index (χ3n) is 6.16. The lowest BCUT2D eigenvalue weighted by atomic mass is 9.94. The summed E-state index contributed by atoms with van der Waals surface area (Å²) in [5, 5.41) is 0. The third kappa shape index (κ3) is 4.78. The first-order valence-corrected chi connectivity index (χ1v) is 11.6. The highest BCUT2D eigenvalue weighted by molar-refractivity contribution is 7.89. The summed E-state index contributed by atoms with van der Waals surface area (Å²) in [6.07, 6.45) is 5.56. The van der Waals surface area contributed by atoms with E-state index in [1.807, 2.05) is 23.8 Å². The zero-order valence-electron chi connectivity index (χ0n) is 17.0. The van der Waals surface area contributed by atoms with Crippen molar-refractivity contribution in [2.24, 2.45) is 0 Å². The summed E-state index contributed by atoms with van der Waals surface area (Å²) in [6.45, 7) is 2.83. The van der Waals surface area contributed by atoms with Crippen molar-refractivity contribution in [2.75, 3.05) is 33.2 Å². The fourth-order valence-corrected chi connectivity index (χ4v) is 5.74. The van der Waals surface area contributed by atoms with E-state index >= 15 is 0 Å². The molecular formula is C20H29F2N3O3S. The second-order valence-corrected chi connectivity index (χ2v) is 9.84. The number of likely N-dealkylation sites (N-methyl/N-ethyl adjacent to an activating group) is 1. The predicted octanol–water partition coefficient (Wildman–Crippen LogP) is 2.45. The first-order chi connectivity index (χ1) is 13.7. The molecule has 0 radical (unpaired) electrons. The van der Waals surface area contributed by atoms with Crippen LogP contribution in [-0.4, -0.2) is 73.7 Å². The van der Waals surface area contributed by atoms with E-state index in [0.717, 1.165) is 42.1 Å². The number of halogens is 2. The Labute approximate surface area is 171 Å². The first-order valence-electron chi connectivity index (χ1n) is 10.2. The lowest BCUT2D eigenvalue weighted by Gasteiger charge is -2.39. The Morgan fingerprint density at radius 3 is 2.34 bits per heavy atom. The number of piperazine rings is 1. The first kappa shape index (κ1) is 22.1. The quantitative estimate of drug-likeness (QED) is 0.722. The highest BCUT2D eigenvalue weighted by Crippen LogP contribution is 2.24. The Morgan fingerprint density at radius 2 is 1.72 bits per heavy atom. The molecule has 1 saturated heterocycles. The predicted molar refractivity (Wildman–Crippen MR) is 106 cm³/mol. The lowest BCUT2D eigenvalue weighted by molar-refractivity contribution is -0.138. The van der Waals surface area contributed by atoms with Gasteiger partial charge in [-0.15, -0.1) is 0 Å². The van der Waals surface area contributed by atoms with Gasteiger partial charge in [0.15, 0.2) is 0 Å². The highest BCUT2D eigenvalue weighted by atomic mass is 32.2. The minimum Gasteiger partial charge on any atom is -0.341 e. The van der Waals surface area contributed by atoms with Crippen molar-refractivity contribution in [3.8, 4) is 0 Å². The maximum absolute atomic E-state index is 14.0. The fourth-order valence-electron chi connectivity index (χ4n) is 4.24. The van der Waals surface area contributed by atoms with Gasteiger partial charge in [0.1, 0.15) is 16.5 Å². The van der Waals surface area contributed by atoms with Gasteiger partial charge in [0, 0.05) is 39.3 Å². The standard InChI is InChI=1S/C20H29F2N3O3S/c1-15(20(26)23(2)17-6-4-3-5-7-17)24-10-12-25(13-11-24)29(27,28)19-14-16(21)8-9-18(19)22/h8-9,14-15,17H,3-7,10-13H2,1-2H3/t15-/m0/s1. The zero-order valence-corrected chi connectivity index (χ0v) is 17.8. The molecule has 9 heteroatoms. The molecular weight excluding hydrogens is 400 g/mol. The smallest absolute Gasteiger partial charge is 0.246 e. The van der Waals surface area contributed by atoms with Crippen LogP contribution in [0.2, 0.25) is 0 Å². The van der Waals surface area contributed by atoms with E-state index in [9.17, 15) is 22.0 Å². The number of hydrogen-bond donors (Lipinski definition) is 0. The van der Waals surface area contributed by atoms with E-state index in [4.69, 9.17) is 0 Å². The Balaban J connectivity index is 1.62. The summed E-state index contributed by atoms with van der Waals surface area (Å²) in [4.78, 5) is 16.0. The van der Waals surface area contributed by atoms with Gasteiger partial charge in [0.05, 0.1) is 6.04 Å². The largest absolute Gasteiger partial charge is 0.341 e. The van der Waals surface area contributed by atoms with E-state index in [2.05, 4.69) is 0 Å². The molecule has 1 atom stereocenters. The number of carbonyl (C=O) groups is 1. The van der Waals surface area contributed by atoms with Gasteiger partial charge in [-0.25, -0.2) is 17.2 Å². The van der Waals surface area contributed by atoms with Crippen molar-refractivity contribution in [2.45, 2.75) is 56.0 Å².